The molecule has 3 heteroatoms. The molecular weight excluding hydrogens is 216 g/mol. The number of hydrogen-bond donors (Lipinski definition) is 2. The summed E-state index contributed by atoms with van der Waals surface area (Å²) in [6, 6.07) is 2.70. The first kappa shape index (κ1) is 11.9. The molecule has 1 heterocycles. The number of nitrogen functional groups attached to an aromatic ring is 1. The molecule has 3 N–H and O–H groups in total. The van der Waals surface area contributed by atoms with Gasteiger partial charge in [-0.15, -0.1) is 11.3 Å². The lowest BCUT2D eigenvalue weighted by atomic mass is 10.0. The molecule has 0 aromatic carbocycles. The van der Waals surface area contributed by atoms with Crippen LogP contribution in [0.15, 0.2) is 11.4 Å². The first-order valence-electron chi connectivity index (χ1n) is 6.31. The molecule has 2 rings (SSSR count). The van der Waals surface area contributed by atoms with Crippen LogP contribution >= 0.6 is 11.3 Å². The largest absolute Gasteiger partial charge is 0.398 e. The smallest absolute Gasteiger partial charge is 0.0468 e. The van der Waals surface area contributed by atoms with Gasteiger partial charge in [0, 0.05) is 23.2 Å². The summed E-state index contributed by atoms with van der Waals surface area (Å²) in [5.74, 6) is 0.915. The van der Waals surface area contributed by atoms with E-state index in [0.717, 1.165) is 18.2 Å². The number of nitrogens with one attached hydrogen (secondary N) is 1. The third-order valence-electron chi connectivity index (χ3n) is 3.59. The van der Waals surface area contributed by atoms with Crippen LogP contribution in [-0.4, -0.2) is 6.04 Å². The minimum Gasteiger partial charge on any atom is -0.398 e. The zero-order valence-corrected chi connectivity index (χ0v) is 10.9. The highest BCUT2D eigenvalue weighted by molar-refractivity contribution is 7.10. The average molecular weight is 238 g/mol. The normalized spacial score (nSPS) is 26.6. The van der Waals surface area contributed by atoms with Gasteiger partial charge in [-0.1, -0.05) is 19.8 Å². The molecule has 2 unspecified atom stereocenters. The second-order valence-corrected chi connectivity index (χ2v) is 5.99. The van der Waals surface area contributed by atoms with Gasteiger partial charge in [0.1, 0.15) is 0 Å². The molecule has 1 aliphatic rings. The summed E-state index contributed by atoms with van der Waals surface area (Å²) in [4.78, 5) is 1.29. The van der Waals surface area contributed by atoms with Crippen LogP contribution in [-0.2, 0) is 6.54 Å². The van der Waals surface area contributed by atoms with Gasteiger partial charge in [0.15, 0.2) is 0 Å². The van der Waals surface area contributed by atoms with Crippen molar-refractivity contribution in [2.24, 2.45) is 5.92 Å². The average Bonchev–Trinajstić information content (AvgIpc) is 2.55. The minimum atomic E-state index is 0.700. The molecule has 0 bridgehead atoms. The Kier molecular flexibility index (Phi) is 4.24. The molecule has 1 saturated carbocycles. The molecule has 0 spiro atoms. The van der Waals surface area contributed by atoms with E-state index in [4.69, 9.17) is 5.73 Å². The topological polar surface area (TPSA) is 38.0 Å². The SMILES string of the molecule is CC1CCCC(NCc2sccc2N)CC1. The molecule has 0 aliphatic heterocycles. The third-order valence-corrected chi connectivity index (χ3v) is 4.53. The van der Waals surface area contributed by atoms with Gasteiger partial charge in [0.25, 0.3) is 0 Å². The van der Waals surface area contributed by atoms with Gasteiger partial charge in [-0.25, -0.2) is 0 Å². The van der Waals surface area contributed by atoms with E-state index >= 15 is 0 Å². The van der Waals surface area contributed by atoms with Crippen molar-refractivity contribution in [3.63, 3.8) is 0 Å². The van der Waals surface area contributed by atoms with Crippen LogP contribution in [0.1, 0.15) is 43.9 Å². The number of rotatable bonds is 3. The lowest BCUT2D eigenvalue weighted by molar-refractivity contribution is 0.449. The zero-order chi connectivity index (χ0) is 11.4. The van der Waals surface area contributed by atoms with Crippen molar-refractivity contribution in [2.75, 3.05) is 5.73 Å². The van der Waals surface area contributed by atoms with Crippen LogP contribution in [0.2, 0.25) is 0 Å². The highest BCUT2D eigenvalue weighted by atomic mass is 32.1. The van der Waals surface area contributed by atoms with E-state index < -0.39 is 0 Å². The molecule has 0 saturated heterocycles. The van der Waals surface area contributed by atoms with Gasteiger partial charge in [0.2, 0.25) is 0 Å². The standard InChI is InChI=1S/C13H22N2S/c1-10-3-2-4-11(6-5-10)15-9-13-12(14)7-8-16-13/h7-8,10-11,15H,2-6,9,14H2,1H3. The molecule has 2 nitrogen and oxygen atoms in total. The molecule has 0 radical (unpaired) electrons. The van der Waals surface area contributed by atoms with Gasteiger partial charge in [-0.2, -0.15) is 0 Å². The van der Waals surface area contributed by atoms with Crippen molar-refractivity contribution in [2.45, 2.75) is 51.6 Å². The molecule has 16 heavy (non-hydrogen) atoms. The minimum absolute atomic E-state index is 0.700. The molecule has 1 aromatic rings. The van der Waals surface area contributed by atoms with Crippen molar-refractivity contribution in [1.82, 2.24) is 5.32 Å². The third kappa shape index (κ3) is 3.22. The maximum Gasteiger partial charge on any atom is 0.0468 e. The Morgan fingerprint density at radius 2 is 2.25 bits per heavy atom. The van der Waals surface area contributed by atoms with Gasteiger partial charge < -0.3 is 11.1 Å². The van der Waals surface area contributed by atoms with Crippen molar-refractivity contribution in [3.8, 4) is 0 Å². The van der Waals surface area contributed by atoms with Crippen LogP contribution in [0, 0.1) is 5.92 Å². The van der Waals surface area contributed by atoms with Crippen LogP contribution in [0.25, 0.3) is 0 Å². The first-order valence-corrected chi connectivity index (χ1v) is 7.19. The molecule has 90 valence electrons. The Morgan fingerprint density at radius 3 is 3.00 bits per heavy atom. The van der Waals surface area contributed by atoms with Crippen LogP contribution < -0.4 is 11.1 Å². The van der Waals surface area contributed by atoms with E-state index in [9.17, 15) is 0 Å². The van der Waals surface area contributed by atoms with E-state index in [0.29, 0.717) is 6.04 Å². The van der Waals surface area contributed by atoms with E-state index in [1.54, 1.807) is 11.3 Å². The highest BCUT2D eigenvalue weighted by Crippen LogP contribution is 2.24. The molecule has 0 amide bonds. The van der Waals surface area contributed by atoms with E-state index in [1.165, 1.54) is 37.0 Å². The maximum absolute atomic E-state index is 5.88. The molecule has 1 aromatic heterocycles. The van der Waals surface area contributed by atoms with Gasteiger partial charge in [0.05, 0.1) is 0 Å². The molecule has 2 atom stereocenters. The fourth-order valence-corrected chi connectivity index (χ4v) is 3.17. The Labute approximate surface area is 102 Å². The summed E-state index contributed by atoms with van der Waals surface area (Å²) in [5.41, 5.74) is 6.82. The summed E-state index contributed by atoms with van der Waals surface area (Å²) in [5, 5.41) is 5.73. The summed E-state index contributed by atoms with van der Waals surface area (Å²) in [6.07, 6.45) is 6.80. The van der Waals surface area contributed by atoms with E-state index in [-0.39, 0.29) is 0 Å². The second-order valence-electron chi connectivity index (χ2n) is 4.99. The quantitative estimate of drug-likeness (QED) is 0.792. The molecular formula is C13H22N2S. The lowest BCUT2D eigenvalue weighted by Crippen LogP contribution is -2.27. The molecule has 1 aliphatic carbocycles. The Morgan fingerprint density at radius 1 is 1.38 bits per heavy atom. The Balaban J connectivity index is 1.79. The predicted molar refractivity (Wildman–Crippen MR) is 71.6 cm³/mol. The highest BCUT2D eigenvalue weighted by Gasteiger charge is 2.15. The summed E-state index contributed by atoms with van der Waals surface area (Å²) in [6.45, 7) is 3.32. The predicted octanol–water partition coefficient (Wildman–Crippen LogP) is 3.39. The van der Waals surface area contributed by atoms with Crippen LogP contribution in [0.4, 0.5) is 5.69 Å². The second kappa shape index (κ2) is 5.69. The zero-order valence-electron chi connectivity index (χ0n) is 10.0. The monoisotopic (exact) mass is 238 g/mol. The molecule has 1 fully saturated rings. The van der Waals surface area contributed by atoms with Crippen molar-refractivity contribution in [1.29, 1.82) is 0 Å². The number of anilines is 1. The van der Waals surface area contributed by atoms with Crippen molar-refractivity contribution in [3.05, 3.63) is 16.3 Å². The number of thiophene rings is 1. The van der Waals surface area contributed by atoms with Gasteiger partial charge in [-0.05, 0) is 36.6 Å². The van der Waals surface area contributed by atoms with E-state index in [2.05, 4.69) is 17.6 Å². The first-order chi connectivity index (χ1) is 7.75. The fraction of sp³-hybridized carbons (Fsp3) is 0.692. The van der Waals surface area contributed by atoms with Crippen LogP contribution in [0.5, 0.6) is 0 Å². The Hall–Kier alpha value is -0.540. The van der Waals surface area contributed by atoms with Crippen molar-refractivity contribution >= 4 is 17.0 Å². The maximum atomic E-state index is 5.88. The van der Waals surface area contributed by atoms with Gasteiger partial charge in [-0.3, -0.25) is 0 Å². The van der Waals surface area contributed by atoms with E-state index in [1.807, 2.05) is 6.07 Å². The fourth-order valence-electron chi connectivity index (χ4n) is 2.42. The summed E-state index contributed by atoms with van der Waals surface area (Å²) >= 11 is 1.76. The summed E-state index contributed by atoms with van der Waals surface area (Å²) < 4.78 is 0. The van der Waals surface area contributed by atoms with Crippen LogP contribution in [0.3, 0.4) is 0 Å². The number of hydrogen-bond acceptors (Lipinski definition) is 3. The summed E-state index contributed by atoms with van der Waals surface area (Å²) in [7, 11) is 0. The lowest BCUT2D eigenvalue weighted by Gasteiger charge is -2.16. The van der Waals surface area contributed by atoms with Crippen molar-refractivity contribution < 1.29 is 0 Å². The van der Waals surface area contributed by atoms with Gasteiger partial charge >= 0.3 is 0 Å². The number of nitrogens with two attached hydrogens (primary N) is 1. The Bertz CT molecular complexity index is 321.